The summed E-state index contributed by atoms with van der Waals surface area (Å²) in [7, 11) is 0. The maximum Gasteiger partial charge on any atom is 0.331 e. The Labute approximate surface area is 211 Å². The smallest absolute Gasteiger partial charge is 0.331 e. The molecule has 0 spiro atoms. The number of halogens is 1. The van der Waals surface area contributed by atoms with E-state index in [0.717, 1.165) is 4.57 Å². The Bertz CT molecular complexity index is 1470. The summed E-state index contributed by atoms with van der Waals surface area (Å²) >= 11 is 5.98. The number of carbonyl (C=O) groups excluding carboxylic acids is 2. The van der Waals surface area contributed by atoms with Gasteiger partial charge in [-0.15, -0.1) is 0 Å². The van der Waals surface area contributed by atoms with Crippen molar-refractivity contribution in [2.24, 2.45) is 5.92 Å². The van der Waals surface area contributed by atoms with Gasteiger partial charge in [-0.3, -0.25) is 23.5 Å². The zero-order valence-corrected chi connectivity index (χ0v) is 20.6. The lowest BCUT2D eigenvalue weighted by molar-refractivity contribution is -0.118. The molecule has 1 atom stereocenters. The minimum Gasteiger partial charge on any atom is -0.395 e. The summed E-state index contributed by atoms with van der Waals surface area (Å²) in [5.41, 5.74) is 0.528. The van der Waals surface area contributed by atoms with Gasteiger partial charge in [-0.05, 0) is 49.2 Å². The SMILES string of the molecule is CCn1c(=O)c2cc(NC(=O)CC(C)CC(=O)Nc3ccc(C#N)c(Cl)c3)ccc2n(CCO)c1=O. The van der Waals surface area contributed by atoms with Crippen LogP contribution in [-0.2, 0) is 22.7 Å². The number of anilines is 2. The first-order chi connectivity index (χ1) is 17.2. The molecule has 11 heteroatoms. The third-order valence-electron chi connectivity index (χ3n) is 5.59. The van der Waals surface area contributed by atoms with Crippen molar-refractivity contribution in [2.75, 3.05) is 17.2 Å². The lowest BCUT2D eigenvalue weighted by atomic mass is 10.0. The lowest BCUT2D eigenvalue weighted by Gasteiger charge is -2.14. The third-order valence-corrected chi connectivity index (χ3v) is 5.90. The van der Waals surface area contributed by atoms with Gasteiger partial charge in [-0.25, -0.2) is 4.79 Å². The molecule has 10 nitrogen and oxygen atoms in total. The number of hydrogen-bond donors (Lipinski definition) is 3. The Kier molecular flexibility index (Phi) is 8.64. The van der Waals surface area contributed by atoms with Gasteiger partial charge < -0.3 is 15.7 Å². The minimum atomic E-state index is -0.504. The van der Waals surface area contributed by atoms with Gasteiger partial charge in [-0.1, -0.05) is 18.5 Å². The standard InChI is InChI=1S/C25H26ClN5O5/c1-3-30-24(35)19-12-17(6-7-21(19)31(8-9-32)25(30)36)28-22(33)10-15(2)11-23(34)29-18-5-4-16(14-27)20(26)13-18/h4-7,12-13,15,32H,3,8-11H2,1-2H3,(H,28,33)(H,29,34). The summed E-state index contributed by atoms with van der Waals surface area (Å²) in [6, 6.07) is 11.2. The molecule has 3 N–H and O–H groups in total. The molecular formula is C25H26ClN5O5. The van der Waals surface area contributed by atoms with Gasteiger partial charge >= 0.3 is 5.69 Å². The number of aromatic nitrogens is 2. The zero-order chi connectivity index (χ0) is 26.4. The normalized spacial score (nSPS) is 11.6. The molecule has 0 bridgehead atoms. The van der Waals surface area contributed by atoms with Crippen LogP contribution in [0.15, 0.2) is 46.0 Å². The van der Waals surface area contributed by atoms with Crippen molar-refractivity contribution >= 4 is 45.7 Å². The van der Waals surface area contributed by atoms with Gasteiger partial charge in [0.2, 0.25) is 11.8 Å². The summed E-state index contributed by atoms with van der Waals surface area (Å²) in [5.74, 6) is -0.925. The van der Waals surface area contributed by atoms with Crippen molar-refractivity contribution in [3.8, 4) is 6.07 Å². The molecule has 1 heterocycles. The zero-order valence-electron chi connectivity index (χ0n) is 19.9. The molecule has 2 aromatic carbocycles. The molecule has 0 saturated carbocycles. The van der Waals surface area contributed by atoms with Gasteiger partial charge in [-0.2, -0.15) is 5.26 Å². The first-order valence-electron chi connectivity index (χ1n) is 11.4. The Balaban J connectivity index is 1.68. The van der Waals surface area contributed by atoms with E-state index in [0.29, 0.717) is 22.5 Å². The Hall–Kier alpha value is -3.94. The fourth-order valence-corrected chi connectivity index (χ4v) is 4.13. The molecule has 1 unspecified atom stereocenters. The predicted molar refractivity (Wildman–Crippen MR) is 137 cm³/mol. The van der Waals surface area contributed by atoms with Crippen molar-refractivity contribution in [1.82, 2.24) is 9.13 Å². The molecule has 36 heavy (non-hydrogen) atoms. The van der Waals surface area contributed by atoms with Crippen LogP contribution in [0.5, 0.6) is 0 Å². The summed E-state index contributed by atoms with van der Waals surface area (Å²) in [6.07, 6.45) is 0.139. The highest BCUT2D eigenvalue weighted by Gasteiger charge is 2.16. The average molecular weight is 512 g/mol. The highest BCUT2D eigenvalue weighted by Crippen LogP contribution is 2.21. The van der Waals surface area contributed by atoms with Crippen molar-refractivity contribution in [2.45, 2.75) is 39.8 Å². The third kappa shape index (κ3) is 6.00. The monoisotopic (exact) mass is 511 g/mol. The first-order valence-corrected chi connectivity index (χ1v) is 11.7. The summed E-state index contributed by atoms with van der Waals surface area (Å²) < 4.78 is 2.40. The van der Waals surface area contributed by atoms with Crippen LogP contribution >= 0.6 is 11.6 Å². The number of hydrogen-bond acceptors (Lipinski definition) is 6. The minimum absolute atomic E-state index is 0.0373. The van der Waals surface area contributed by atoms with E-state index in [4.69, 9.17) is 16.9 Å². The fraction of sp³-hybridized carbons (Fsp3) is 0.320. The number of nitrogens with one attached hydrogen (secondary N) is 2. The van der Waals surface area contributed by atoms with Crippen LogP contribution in [0.4, 0.5) is 11.4 Å². The number of benzene rings is 2. The van der Waals surface area contributed by atoms with Crippen LogP contribution in [0, 0.1) is 17.2 Å². The molecule has 3 aromatic rings. The summed E-state index contributed by atoms with van der Waals surface area (Å²) in [5, 5.41) is 24.2. The highest BCUT2D eigenvalue weighted by molar-refractivity contribution is 6.32. The maximum atomic E-state index is 12.8. The Morgan fingerprint density at radius 3 is 2.22 bits per heavy atom. The van der Waals surface area contributed by atoms with Crippen molar-refractivity contribution in [3.05, 3.63) is 67.8 Å². The van der Waals surface area contributed by atoms with Crippen molar-refractivity contribution in [3.63, 3.8) is 0 Å². The van der Waals surface area contributed by atoms with E-state index < -0.39 is 11.2 Å². The largest absolute Gasteiger partial charge is 0.395 e. The molecule has 0 aliphatic rings. The second-order valence-electron chi connectivity index (χ2n) is 8.36. The van der Waals surface area contributed by atoms with Gasteiger partial charge in [0.1, 0.15) is 6.07 Å². The topological polar surface area (TPSA) is 146 Å². The van der Waals surface area contributed by atoms with E-state index in [-0.39, 0.29) is 60.7 Å². The molecule has 0 fully saturated rings. The second kappa shape index (κ2) is 11.7. The number of nitrogens with zero attached hydrogens (tertiary/aromatic N) is 3. The number of nitriles is 1. The quantitative estimate of drug-likeness (QED) is 0.402. The van der Waals surface area contributed by atoms with Crippen LogP contribution in [0.25, 0.3) is 10.9 Å². The van der Waals surface area contributed by atoms with Crippen LogP contribution in [0.3, 0.4) is 0 Å². The molecule has 0 radical (unpaired) electrons. The number of fused-ring (bicyclic) bond motifs is 1. The molecule has 0 aliphatic carbocycles. The van der Waals surface area contributed by atoms with Crippen LogP contribution in [-0.4, -0.2) is 32.7 Å². The first kappa shape index (κ1) is 26.7. The van der Waals surface area contributed by atoms with E-state index in [1.54, 1.807) is 32.0 Å². The van der Waals surface area contributed by atoms with Crippen LogP contribution in [0.1, 0.15) is 32.3 Å². The summed E-state index contributed by atoms with van der Waals surface area (Å²) in [4.78, 5) is 50.3. The number of carbonyl (C=O) groups is 2. The molecule has 2 amide bonds. The van der Waals surface area contributed by atoms with E-state index in [1.807, 2.05) is 6.07 Å². The van der Waals surface area contributed by atoms with Crippen molar-refractivity contribution < 1.29 is 14.7 Å². The van der Waals surface area contributed by atoms with Crippen LogP contribution in [0.2, 0.25) is 5.02 Å². The molecule has 188 valence electrons. The van der Waals surface area contributed by atoms with Crippen LogP contribution < -0.4 is 21.9 Å². The molecule has 1 aromatic heterocycles. The van der Waals surface area contributed by atoms with E-state index in [1.165, 1.54) is 22.8 Å². The van der Waals surface area contributed by atoms with Gasteiger partial charge in [0, 0.05) is 30.8 Å². The molecule has 0 saturated heterocycles. The van der Waals surface area contributed by atoms with Gasteiger partial charge in [0.15, 0.2) is 0 Å². The van der Waals surface area contributed by atoms with E-state index >= 15 is 0 Å². The Morgan fingerprint density at radius 2 is 1.67 bits per heavy atom. The maximum absolute atomic E-state index is 12.8. The summed E-state index contributed by atoms with van der Waals surface area (Å²) in [6.45, 7) is 3.38. The average Bonchev–Trinajstić information content (AvgIpc) is 2.82. The number of aliphatic hydroxyl groups is 1. The number of rotatable bonds is 9. The Morgan fingerprint density at radius 1 is 1.06 bits per heavy atom. The fourth-order valence-electron chi connectivity index (χ4n) is 3.91. The van der Waals surface area contributed by atoms with E-state index in [2.05, 4.69) is 10.6 Å². The molecular weight excluding hydrogens is 486 g/mol. The molecule has 3 rings (SSSR count). The van der Waals surface area contributed by atoms with Gasteiger partial charge in [0.25, 0.3) is 5.56 Å². The molecule has 0 aliphatic heterocycles. The highest BCUT2D eigenvalue weighted by atomic mass is 35.5. The number of aliphatic hydroxyl groups excluding tert-OH is 1. The second-order valence-corrected chi connectivity index (χ2v) is 8.76. The lowest BCUT2D eigenvalue weighted by Crippen LogP contribution is -2.40. The van der Waals surface area contributed by atoms with E-state index in [9.17, 15) is 24.3 Å². The predicted octanol–water partition coefficient (Wildman–Crippen LogP) is 2.69. The van der Waals surface area contributed by atoms with Gasteiger partial charge in [0.05, 0.1) is 34.6 Å². The van der Waals surface area contributed by atoms with Crippen molar-refractivity contribution in [1.29, 1.82) is 5.26 Å². The number of amides is 2.